The van der Waals surface area contributed by atoms with E-state index in [1.54, 1.807) is 12.1 Å². The zero-order valence-electron chi connectivity index (χ0n) is 21.1. The third-order valence-electron chi connectivity index (χ3n) is 5.59. The summed E-state index contributed by atoms with van der Waals surface area (Å²) in [5, 5.41) is 45.3. The first kappa shape index (κ1) is 35.1. The molecule has 0 atom stereocenters. The molecule has 4 rings (SSSR count). The molecule has 0 aliphatic heterocycles. The topological polar surface area (TPSA) is 273 Å². The highest BCUT2D eigenvalue weighted by Crippen LogP contribution is 2.51. The monoisotopic (exact) mass is 892 g/mol. The minimum atomic E-state index is -5.32. The Hall–Kier alpha value is -2.80. The normalized spacial score (nSPS) is 13.0. The Balaban J connectivity index is 2.06. The molecule has 0 spiro atoms. The van der Waals surface area contributed by atoms with Crippen LogP contribution >= 0.6 is 59.4 Å². The lowest BCUT2D eigenvalue weighted by Gasteiger charge is -2.13. The highest BCUT2D eigenvalue weighted by atomic mass is 79.9. The SMILES string of the molecule is O=S(=O)(O)c1cc(Cl)cc(N=Nc2c(S(=O)(=O)O)cc3cc(S(=O)(=O)O)c(N=Nc4c(Br)cc(Br)cc4Br)c(O)c3c2O)c1O. The minimum absolute atomic E-state index is 0.0880. The third-order valence-corrected chi connectivity index (χ3v) is 10.1. The Morgan fingerprint density at radius 3 is 1.42 bits per heavy atom. The maximum absolute atomic E-state index is 12.2. The van der Waals surface area contributed by atoms with Gasteiger partial charge in [0.05, 0.1) is 5.39 Å². The summed E-state index contributed by atoms with van der Waals surface area (Å²) in [7, 11) is -15.6. The maximum Gasteiger partial charge on any atom is 0.298 e. The van der Waals surface area contributed by atoms with E-state index in [9.17, 15) is 54.2 Å². The summed E-state index contributed by atoms with van der Waals surface area (Å²) in [5.74, 6) is -3.60. The van der Waals surface area contributed by atoms with Crippen LogP contribution in [0.5, 0.6) is 17.2 Å². The predicted octanol–water partition coefficient (Wildman–Crippen LogP) is 7.47. The lowest BCUT2D eigenvalue weighted by atomic mass is 10.1. The summed E-state index contributed by atoms with van der Waals surface area (Å²) in [6, 6.07) is 5.78. The van der Waals surface area contributed by atoms with Crippen molar-refractivity contribution in [3.63, 3.8) is 0 Å². The number of nitrogens with zero attached hydrogens (tertiary/aromatic N) is 4. The van der Waals surface area contributed by atoms with Crippen LogP contribution in [0.15, 0.2) is 85.0 Å². The molecule has 0 amide bonds. The third kappa shape index (κ3) is 7.29. The summed E-state index contributed by atoms with van der Waals surface area (Å²) in [4.78, 5) is -3.40. The van der Waals surface area contributed by atoms with Gasteiger partial charge in [0.25, 0.3) is 30.4 Å². The fraction of sp³-hybridized carbons (Fsp3) is 0. The summed E-state index contributed by atoms with van der Waals surface area (Å²) in [6.45, 7) is 0. The zero-order valence-corrected chi connectivity index (χ0v) is 29.1. The summed E-state index contributed by atoms with van der Waals surface area (Å²) in [5.41, 5.74) is -2.70. The van der Waals surface area contributed by atoms with Crippen LogP contribution in [0, 0.1) is 0 Å². The van der Waals surface area contributed by atoms with Crippen molar-refractivity contribution in [2.24, 2.45) is 20.5 Å². The van der Waals surface area contributed by atoms with E-state index >= 15 is 0 Å². The molecule has 0 heterocycles. The molecule has 16 nitrogen and oxygen atoms in total. The van der Waals surface area contributed by atoms with Crippen molar-refractivity contribution in [2.75, 3.05) is 0 Å². The van der Waals surface area contributed by atoms with Crippen molar-refractivity contribution in [1.82, 2.24) is 0 Å². The highest BCUT2D eigenvalue weighted by Gasteiger charge is 2.29. The fourth-order valence-corrected chi connectivity index (χ4v) is 8.35. The molecule has 0 aliphatic carbocycles. The van der Waals surface area contributed by atoms with Crippen molar-refractivity contribution in [3.05, 3.63) is 54.8 Å². The molecular formula is C22H12Br3ClN4O12S3. The number of phenolic OH excluding ortho intramolecular Hbond substituents is 3. The van der Waals surface area contributed by atoms with Gasteiger partial charge >= 0.3 is 0 Å². The number of aromatic hydroxyl groups is 3. The van der Waals surface area contributed by atoms with Crippen LogP contribution < -0.4 is 0 Å². The molecule has 23 heteroatoms. The van der Waals surface area contributed by atoms with Gasteiger partial charge in [0, 0.05) is 18.4 Å². The van der Waals surface area contributed by atoms with Crippen LogP contribution in [-0.2, 0) is 30.4 Å². The standard InChI is InChI=1S/C22H12Br3ClN4O12S3/c23-8-3-10(24)17(11(25)4-8)28-30-19-14(44(37,38)39)2-7-1-13(43(34,35)36)18(21(32)16(7)22(19)33)29-27-12-5-9(26)6-15(20(12)31)45(40,41)42/h1-6,31-33H,(H,34,35,36)(H,37,38,39)(H,40,41,42). The highest BCUT2D eigenvalue weighted by molar-refractivity contribution is 9.11. The Labute approximate surface area is 282 Å². The molecule has 0 saturated heterocycles. The van der Waals surface area contributed by atoms with Crippen LogP contribution in [-0.4, -0.2) is 54.2 Å². The van der Waals surface area contributed by atoms with Gasteiger partial charge in [-0.25, -0.2) is 0 Å². The van der Waals surface area contributed by atoms with Gasteiger partial charge in [0.2, 0.25) is 0 Å². The second-order valence-electron chi connectivity index (χ2n) is 8.56. The number of halogens is 4. The van der Waals surface area contributed by atoms with Gasteiger partial charge in [-0.2, -0.15) is 25.3 Å². The Kier molecular flexibility index (Phi) is 9.68. The smallest absolute Gasteiger partial charge is 0.298 e. The summed E-state index contributed by atoms with van der Waals surface area (Å²) < 4.78 is 102. The van der Waals surface area contributed by atoms with Crippen LogP contribution in [0.1, 0.15) is 0 Å². The van der Waals surface area contributed by atoms with Gasteiger partial charge in [-0.05, 0) is 73.6 Å². The Morgan fingerprint density at radius 1 is 0.556 bits per heavy atom. The number of hydrogen-bond acceptors (Lipinski definition) is 13. The second-order valence-corrected chi connectivity index (χ2v) is 15.8. The predicted molar refractivity (Wildman–Crippen MR) is 168 cm³/mol. The first-order chi connectivity index (χ1) is 20.6. The number of phenols is 3. The molecule has 0 aromatic heterocycles. The van der Waals surface area contributed by atoms with E-state index in [1.165, 1.54) is 0 Å². The van der Waals surface area contributed by atoms with E-state index in [1.807, 2.05) is 0 Å². The fourth-order valence-electron chi connectivity index (χ4n) is 3.71. The van der Waals surface area contributed by atoms with Crippen molar-refractivity contribution >= 4 is 123 Å². The van der Waals surface area contributed by atoms with Gasteiger partial charge in [-0.15, -0.1) is 20.5 Å². The molecule has 0 unspecified atom stereocenters. The lowest BCUT2D eigenvalue weighted by molar-refractivity contribution is 0.444. The van der Waals surface area contributed by atoms with Crippen LogP contribution in [0.4, 0.5) is 22.7 Å². The molecule has 0 saturated carbocycles. The maximum atomic E-state index is 12.2. The van der Waals surface area contributed by atoms with Crippen molar-refractivity contribution in [3.8, 4) is 17.2 Å². The molecule has 6 N–H and O–H groups in total. The van der Waals surface area contributed by atoms with Crippen molar-refractivity contribution < 1.29 is 54.2 Å². The van der Waals surface area contributed by atoms with E-state index < -0.39 is 90.1 Å². The summed E-state index contributed by atoms with van der Waals surface area (Å²) in [6.07, 6.45) is 0. The van der Waals surface area contributed by atoms with Gasteiger partial charge in [-0.3, -0.25) is 13.7 Å². The van der Waals surface area contributed by atoms with E-state index in [-0.39, 0.29) is 10.7 Å². The molecule has 4 aromatic rings. The number of fused-ring (bicyclic) bond motifs is 1. The number of azo groups is 2. The quantitative estimate of drug-likeness (QED) is 0.0779. The number of benzene rings is 4. The molecule has 0 aliphatic rings. The van der Waals surface area contributed by atoms with Crippen LogP contribution in [0.2, 0.25) is 5.02 Å². The lowest BCUT2D eigenvalue weighted by Crippen LogP contribution is -2.01. The van der Waals surface area contributed by atoms with Gasteiger partial charge < -0.3 is 15.3 Å². The largest absolute Gasteiger partial charge is 0.505 e. The molecule has 4 aromatic carbocycles. The van der Waals surface area contributed by atoms with Gasteiger partial charge in [-0.1, -0.05) is 27.5 Å². The average Bonchev–Trinajstić information content (AvgIpc) is 2.87. The Morgan fingerprint density at radius 2 is 0.978 bits per heavy atom. The van der Waals surface area contributed by atoms with E-state index in [0.29, 0.717) is 31.6 Å². The number of hydrogen-bond donors (Lipinski definition) is 6. The molecule has 0 radical (unpaired) electrons. The van der Waals surface area contributed by atoms with Crippen molar-refractivity contribution in [1.29, 1.82) is 0 Å². The molecule has 0 bridgehead atoms. The van der Waals surface area contributed by atoms with E-state index in [4.69, 9.17) is 11.6 Å². The first-order valence-electron chi connectivity index (χ1n) is 11.1. The van der Waals surface area contributed by atoms with Crippen molar-refractivity contribution in [2.45, 2.75) is 14.7 Å². The minimum Gasteiger partial charge on any atom is -0.505 e. The Bertz CT molecular complexity index is 2310. The molecule has 238 valence electrons. The molecule has 45 heavy (non-hydrogen) atoms. The number of rotatable bonds is 7. The average molecular weight is 896 g/mol. The molecular weight excluding hydrogens is 884 g/mol. The van der Waals surface area contributed by atoms with E-state index in [0.717, 1.165) is 6.07 Å². The zero-order chi connectivity index (χ0) is 33.8. The van der Waals surface area contributed by atoms with Gasteiger partial charge in [0.15, 0.2) is 17.2 Å². The summed E-state index contributed by atoms with van der Waals surface area (Å²) >= 11 is 15.5. The van der Waals surface area contributed by atoms with E-state index in [2.05, 4.69) is 68.2 Å². The first-order valence-corrected chi connectivity index (χ1v) is 18.2. The molecule has 0 fully saturated rings. The van der Waals surface area contributed by atoms with Crippen LogP contribution in [0.3, 0.4) is 0 Å². The second kappa shape index (κ2) is 12.4. The van der Waals surface area contributed by atoms with Gasteiger partial charge in [0.1, 0.15) is 37.4 Å². The van der Waals surface area contributed by atoms with Crippen LogP contribution in [0.25, 0.3) is 10.8 Å².